The molecular formula is C41H28. The molecule has 8 aromatic rings. The molecule has 0 bridgehead atoms. The van der Waals surface area contributed by atoms with E-state index in [1.54, 1.807) is 0 Å². The van der Waals surface area contributed by atoms with Crippen LogP contribution in [0, 0.1) is 0 Å². The van der Waals surface area contributed by atoms with E-state index in [1.807, 2.05) is 0 Å². The fourth-order valence-corrected chi connectivity index (χ4v) is 7.68. The lowest BCUT2D eigenvalue weighted by Crippen LogP contribution is -2.15. The van der Waals surface area contributed by atoms with Crippen LogP contribution in [0.15, 0.2) is 133 Å². The van der Waals surface area contributed by atoms with E-state index in [-0.39, 0.29) is 5.41 Å². The Bertz CT molecular complexity index is 2390. The topological polar surface area (TPSA) is 0 Å². The van der Waals surface area contributed by atoms with E-state index >= 15 is 0 Å². The summed E-state index contributed by atoms with van der Waals surface area (Å²) in [5.74, 6) is 0. The molecule has 0 spiro atoms. The summed E-state index contributed by atoms with van der Waals surface area (Å²) in [5.41, 5.74) is 8.12. The molecule has 9 rings (SSSR count). The summed E-state index contributed by atoms with van der Waals surface area (Å²) in [5, 5.41) is 13.2. The zero-order valence-electron chi connectivity index (χ0n) is 23.2. The molecule has 1 aliphatic rings. The van der Waals surface area contributed by atoms with Crippen LogP contribution in [0.3, 0.4) is 0 Å². The van der Waals surface area contributed by atoms with E-state index in [0.29, 0.717) is 0 Å². The Hall–Kier alpha value is -4.94. The van der Waals surface area contributed by atoms with Crippen LogP contribution in [0.2, 0.25) is 0 Å². The highest BCUT2D eigenvalue weighted by Crippen LogP contribution is 2.55. The minimum Gasteiger partial charge on any atom is -0.0616 e. The van der Waals surface area contributed by atoms with E-state index in [9.17, 15) is 0 Å². The number of fused-ring (bicyclic) bond motifs is 12. The van der Waals surface area contributed by atoms with Crippen molar-refractivity contribution in [1.29, 1.82) is 0 Å². The van der Waals surface area contributed by atoms with Gasteiger partial charge in [0.15, 0.2) is 0 Å². The van der Waals surface area contributed by atoms with Crippen molar-refractivity contribution in [3.05, 3.63) is 145 Å². The van der Waals surface area contributed by atoms with Crippen LogP contribution < -0.4 is 0 Å². The first-order valence-corrected chi connectivity index (χ1v) is 14.5. The summed E-state index contributed by atoms with van der Waals surface area (Å²) in [7, 11) is 0. The largest absolute Gasteiger partial charge is 0.0616 e. The molecule has 0 aromatic heterocycles. The maximum atomic E-state index is 2.45. The summed E-state index contributed by atoms with van der Waals surface area (Å²) >= 11 is 0. The van der Waals surface area contributed by atoms with Crippen molar-refractivity contribution < 1.29 is 0 Å². The van der Waals surface area contributed by atoms with Gasteiger partial charge in [-0.3, -0.25) is 0 Å². The van der Waals surface area contributed by atoms with Crippen LogP contribution in [0.4, 0.5) is 0 Å². The maximum absolute atomic E-state index is 2.45. The molecule has 0 amide bonds. The molecule has 0 N–H and O–H groups in total. The monoisotopic (exact) mass is 520 g/mol. The summed E-state index contributed by atoms with van der Waals surface area (Å²) < 4.78 is 0. The minimum absolute atomic E-state index is 0.103. The van der Waals surface area contributed by atoms with E-state index < -0.39 is 0 Å². The molecule has 41 heavy (non-hydrogen) atoms. The Labute approximate surface area is 239 Å². The van der Waals surface area contributed by atoms with Crippen molar-refractivity contribution in [3.8, 4) is 22.3 Å². The average molecular weight is 521 g/mol. The highest BCUT2D eigenvalue weighted by Gasteiger charge is 2.38. The van der Waals surface area contributed by atoms with Crippen molar-refractivity contribution in [2.45, 2.75) is 19.3 Å². The van der Waals surface area contributed by atoms with Crippen LogP contribution >= 0.6 is 0 Å². The standard InChI is InChI=1S/C41H28/c1-41(2)38-24-26-12-4-3-11-25(26)21-37(38)39-33-18-10-9-17-32(33)36-23-28(19-20-34(36)40(39)41)35-22-27-13-5-6-14-29(27)30-15-7-8-16-31(30)35/h3-24H,1-2H3. The van der Waals surface area contributed by atoms with E-state index in [1.165, 1.54) is 87.2 Å². The Balaban J connectivity index is 1.39. The van der Waals surface area contributed by atoms with Gasteiger partial charge in [-0.25, -0.2) is 0 Å². The molecule has 0 nitrogen and oxygen atoms in total. The Morgan fingerprint density at radius 1 is 0.390 bits per heavy atom. The molecule has 192 valence electrons. The maximum Gasteiger partial charge on any atom is 0.0165 e. The molecule has 0 radical (unpaired) electrons. The predicted octanol–water partition coefficient (Wildman–Crippen LogP) is 11.4. The van der Waals surface area contributed by atoms with Gasteiger partial charge in [-0.15, -0.1) is 0 Å². The molecule has 0 heteroatoms. The lowest BCUT2D eigenvalue weighted by molar-refractivity contribution is 0.667. The van der Waals surface area contributed by atoms with Gasteiger partial charge < -0.3 is 0 Å². The van der Waals surface area contributed by atoms with E-state index in [2.05, 4.69) is 147 Å². The summed E-state index contributed by atoms with van der Waals surface area (Å²) in [6.45, 7) is 4.82. The highest BCUT2D eigenvalue weighted by atomic mass is 14.4. The molecule has 0 saturated heterocycles. The van der Waals surface area contributed by atoms with Gasteiger partial charge in [0.25, 0.3) is 0 Å². The summed E-state index contributed by atoms with van der Waals surface area (Å²) in [4.78, 5) is 0. The first-order chi connectivity index (χ1) is 20.1. The minimum atomic E-state index is -0.103. The van der Waals surface area contributed by atoms with Gasteiger partial charge in [-0.05, 0) is 112 Å². The van der Waals surface area contributed by atoms with E-state index in [4.69, 9.17) is 0 Å². The first kappa shape index (κ1) is 22.8. The second-order valence-electron chi connectivity index (χ2n) is 12.1. The van der Waals surface area contributed by atoms with Crippen LogP contribution in [0.1, 0.15) is 25.0 Å². The SMILES string of the molecule is CC1(C)c2cc3ccccc3cc2-c2c1c1ccc(-c3cc4ccccc4c4ccccc34)cc1c1ccccc21. The number of benzene rings is 8. The van der Waals surface area contributed by atoms with Gasteiger partial charge in [-0.1, -0.05) is 123 Å². The van der Waals surface area contributed by atoms with E-state index in [0.717, 1.165) is 0 Å². The van der Waals surface area contributed by atoms with Crippen LogP contribution in [0.25, 0.3) is 76.1 Å². The Morgan fingerprint density at radius 3 is 1.71 bits per heavy atom. The molecule has 0 saturated carbocycles. The number of hydrogen-bond acceptors (Lipinski definition) is 0. The molecule has 0 unspecified atom stereocenters. The zero-order chi connectivity index (χ0) is 27.3. The first-order valence-electron chi connectivity index (χ1n) is 14.5. The van der Waals surface area contributed by atoms with Crippen LogP contribution in [-0.4, -0.2) is 0 Å². The fourth-order valence-electron chi connectivity index (χ4n) is 7.68. The predicted molar refractivity (Wildman–Crippen MR) is 177 cm³/mol. The molecule has 0 fully saturated rings. The Morgan fingerprint density at radius 2 is 0.951 bits per heavy atom. The zero-order valence-corrected chi connectivity index (χ0v) is 23.2. The van der Waals surface area contributed by atoms with Gasteiger partial charge >= 0.3 is 0 Å². The second kappa shape index (κ2) is 8.05. The van der Waals surface area contributed by atoms with Gasteiger partial charge in [0.2, 0.25) is 0 Å². The lowest BCUT2D eigenvalue weighted by atomic mass is 9.78. The summed E-state index contributed by atoms with van der Waals surface area (Å²) in [6, 6.07) is 49.8. The summed E-state index contributed by atoms with van der Waals surface area (Å²) in [6.07, 6.45) is 0. The molecule has 0 heterocycles. The normalized spacial score (nSPS) is 13.8. The van der Waals surface area contributed by atoms with Gasteiger partial charge in [0.1, 0.15) is 0 Å². The molecular weight excluding hydrogens is 492 g/mol. The smallest absolute Gasteiger partial charge is 0.0165 e. The molecule has 0 aliphatic heterocycles. The third-order valence-electron chi connectivity index (χ3n) is 9.56. The third-order valence-corrected chi connectivity index (χ3v) is 9.56. The fraction of sp³-hybridized carbons (Fsp3) is 0.0732. The Kier molecular flexibility index (Phi) is 4.49. The van der Waals surface area contributed by atoms with Crippen molar-refractivity contribution in [1.82, 2.24) is 0 Å². The molecule has 0 atom stereocenters. The average Bonchev–Trinajstić information content (AvgIpc) is 3.25. The van der Waals surface area contributed by atoms with Gasteiger partial charge in [0, 0.05) is 5.41 Å². The van der Waals surface area contributed by atoms with Crippen molar-refractivity contribution in [2.75, 3.05) is 0 Å². The highest BCUT2D eigenvalue weighted by molar-refractivity contribution is 6.20. The number of rotatable bonds is 1. The number of hydrogen-bond donors (Lipinski definition) is 0. The molecule has 1 aliphatic carbocycles. The van der Waals surface area contributed by atoms with Crippen molar-refractivity contribution in [2.24, 2.45) is 0 Å². The second-order valence-corrected chi connectivity index (χ2v) is 12.1. The quantitative estimate of drug-likeness (QED) is 0.189. The third kappa shape index (κ3) is 3.05. The van der Waals surface area contributed by atoms with Crippen LogP contribution in [-0.2, 0) is 5.41 Å². The van der Waals surface area contributed by atoms with Crippen molar-refractivity contribution >= 4 is 53.9 Å². The van der Waals surface area contributed by atoms with Gasteiger partial charge in [0.05, 0.1) is 0 Å². The molecule has 8 aromatic carbocycles. The van der Waals surface area contributed by atoms with Crippen LogP contribution in [0.5, 0.6) is 0 Å². The van der Waals surface area contributed by atoms with Gasteiger partial charge in [-0.2, -0.15) is 0 Å². The van der Waals surface area contributed by atoms with Crippen molar-refractivity contribution in [3.63, 3.8) is 0 Å². The lowest BCUT2D eigenvalue weighted by Gasteiger charge is -2.24.